The molecule has 0 bridgehead atoms. The Hall–Kier alpha value is -2.67. The fourth-order valence-corrected chi connectivity index (χ4v) is 3.18. The average Bonchev–Trinajstić information content (AvgIpc) is 3.14. The topological polar surface area (TPSA) is 87.2 Å². The number of hydrogen-bond acceptors (Lipinski definition) is 4. The number of benzene rings is 1. The van der Waals surface area contributed by atoms with Crippen LogP contribution in [0.3, 0.4) is 0 Å². The van der Waals surface area contributed by atoms with Crippen molar-refractivity contribution in [3.63, 3.8) is 0 Å². The summed E-state index contributed by atoms with van der Waals surface area (Å²) in [6, 6.07) is 12.5. The van der Waals surface area contributed by atoms with Gasteiger partial charge in [-0.2, -0.15) is 0 Å². The van der Waals surface area contributed by atoms with E-state index in [2.05, 4.69) is 27.4 Å². The molecule has 0 aliphatic carbocycles. The van der Waals surface area contributed by atoms with Crippen LogP contribution in [0.15, 0.2) is 52.1 Å². The van der Waals surface area contributed by atoms with Crippen molar-refractivity contribution in [3.8, 4) is 0 Å². The molecule has 0 unspecified atom stereocenters. The molecule has 25 heavy (non-hydrogen) atoms. The highest BCUT2D eigenvalue weighted by Crippen LogP contribution is 2.24. The molecule has 132 valence electrons. The minimum atomic E-state index is -0.411. The van der Waals surface area contributed by atoms with Gasteiger partial charge in [0.15, 0.2) is 0 Å². The zero-order valence-corrected chi connectivity index (χ0v) is 14.0. The quantitative estimate of drug-likeness (QED) is 0.800. The summed E-state index contributed by atoms with van der Waals surface area (Å²) < 4.78 is 1.02. The van der Waals surface area contributed by atoms with E-state index in [1.54, 1.807) is 0 Å². The number of hydrogen-bond donors (Lipinski definition) is 2. The Bertz CT molecular complexity index is 822. The van der Waals surface area contributed by atoms with Crippen LogP contribution in [0.1, 0.15) is 24.4 Å². The Morgan fingerprint density at radius 3 is 2.52 bits per heavy atom. The Kier molecular flexibility index (Phi) is 5.45. The third-order valence-corrected chi connectivity index (χ3v) is 4.45. The maximum absolute atomic E-state index is 12.2. The van der Waals surface area contributed by atoms with Gasteiger partial charge in [-0.05, 0) is 31.5 Å². The molecule has 1 aromatic heterocycles. The lowest BCUT2D eigenvalue weighted by molar-refractivity contribution is -0.122. The van der Waals surface area contributed by atoms with E-state index >= 15 is 0 Å². The van der Waals surface area contributed by atoms with Gasteiger partial charge < -0.3 is 5.32 Å². The van der Waals surface area contributed by atoms with Gasteiger partial charge >= 0.3 is 0 Å². The van der Waals surface area contributed by atoms with Crippen molar-refractivity contribution in [2.45, 2.75) is 25.4 Å². The van der Waals surface area contributed by atoms with E-state index in [0.29, 0.717) is 6.54 Å². The van der Waals surface area contributed by atoms with Gasteiger partial charge in [0.1, 0.15) is 6.54 Å². The lowest BCUT2D eigenvalue weighted by atomic mass is 10.1. The molecule has 7 nitrogen and oxygen atoms in total. The Morgan fingerprint density at radius 2 is 1.80 bits per heavy atom. The van der Waals surface area contributed by atoms with Crippen molar-refractivity contribution in [2.24, 2.45) is 0 Å². The van der Waals surface area contributed by atoms with Crippen molar-refractivity contribution in [3.05, 3.63) is 68.7 Å². The highest BCUT2D eigenvalue weighted by Gasteiger charge is 2.23. The standard InChI is InChI=1S/C18H22N4O3/c23-16-8-9-18(25)22(20-16)13-17(24)19-12-15(21-10-4-5-11-21)14-6-2-1-3-7-14/h1-3,6-9,15H,4-5,10-13H2,(H,19,24)(H,20,23)/t15-/m0/s1. The van der Waals surface area contributed by atoms with E-state index < -0.39 is 11.1 Å². The molecular formula is C18H22N4O3. The molecule has 1 aromatic carbocycles. The molecule has 1 atom stereocenters. The number of amides is 1. The van der Waals surface area contributed by atoms with Gasteiger partial charge in [0.05, 0.1) is 6.04 Å². The second kappa shape index (κ2) is 7.94. The summed E-state index contributed by atoms with van der Waals surface area (Å²) in [5.41, 5.74) is 0.343. The fourth-order valence-electron chi connectivity index (χ4n) is 3.18. The molecule has 1 saturated heterocycles. The predicted octanol–water partition coefficient (Wildman–Crippen LogP) is 0.490. The van der Waals surface area contributed by atoms with Crippen LogP contribution < -0.4 is 16.4 Å². The number of carbonyl (C=O) groups is 1. The molecule has 3 rings (SSSR count). The van der Waals surface area contributed by atoms with Crippen LogP contribution in [0.25, 0.3) is 0 Å². The largest absolute Gasteiger partial charge is 0.353 e. The monoisotopic (exact) mass is 342 g/mol. The van der Waals surface area contributed by atoms with E-state index in [4.69, 9.17) is 0 Å². The smallest absolute Gasteiger partial charge is 0.265 e. The molecular weight excluding hydrogens is 320 g/mol. The van der Waals surface area contributed by atoms with Gasteiger partial charge in [-0.1, -0.05) is 30.3 Å². The summed E-state index contributed by atoms with van der Waals surface area (Å²) in [6.07, 6.45) is 2.33. The second-order valence-corrected chi connectivity index (χ2v) is 6.21. The molecule has 1 fully saturated rings. The van der Waals surface area contributed by atoms with E-state index in [-0.39, 0.29) is 18.5 Å². The number of rotatable bonds is 6. The Morgan fingerprint density at radius 1 is 1.08 bits per heavy atom. The summed E-state index contributed by atoms with van der Waals surface area (Å²) >= 11 is 0. The SMILES string of the molecule is O=C(Cn1[nH]c(=O)ccc1=O)NC[C@@H](c1ccccc1)N1CCCC1. The number of likely N-dealkylation sites (tertiary alicyclic amines) is 1. The zero-order valence-electron chi connectivity index (χ0n) is 14.0. The lowest BCUT2D eigenvalue weighted by Gasteiger charge is -2.28. The van der Waals surface area contributed by atoms with E-state index in [1.165, 1.54) is 0 Å². The van der Waals surface area contributed by atoms with Crippen LogP contribution in [-0.2, 0) is 11.3 Å². The Labute approximate surface area is 145 Å². The first-order valence-electron chi connectivity index (χ1n) is 8.49. The molecule has 0 spiro atoms. The summed E-state index contributed by atoms with van der Waals surface area (Å²) in [6.45, 7) is 2.30. The number of H-pyrrole nitrogens is 1. The van der Waals surface area contributed by atoms with E-state index in [9.17, 15) is 14.4 Å². The zero-order chi connectivity index (χ0) is 17.6. The molecule has 1 amide bonds. The third-order valence-electron chi connectivity index (χ3n) is 4.45. The second-order valence-electron chi connectivity index (χ2n) is 6.21. The van der Waals surface area contributed by atoms with Crippen LogP contribution >= 0.6 is 0 Å². The number of carbonyl (C=O) groups excluding carboxylic acids is 1. The van der Waals surface area contributed by atoms with Crippen LogP contribution in [0, 0.1) is 0 Å². The molecule has 0 radical (unpaired) electrons. The maximum atomic E-state index is 12.2. The van der Waals surface area contributed by atoms with Crippen molar-refractivity contribution in [1.82, 2.24) is 20.0 Å². The van der Waals surface area contributed by atoms with Crippen molar-refractivity contribution < 1.29 is 4.79 Å². The van der Waals surface area contributed by atoms with Crippen LogP contribution in [-0.4, -0.2) is 40.2 Å². The van der Waals surface area contributed by atoms with E-state index in [0.717, 1.165) is 48.3 Å². The summed E-state index contributed by atoms with van der Waals surface area (Å²) in [4.78, 5) is 37.6. The molecule has 1 aliphatic heterocycles. The van der Waals surface area contributed by atoms with Crippen molar-refractivity contribution in [2.75, 3.05) is 19.6 Å². The van der Waals surface area contributed by atoms with Gasteiger partial charge in [0.25, 0.3) is 11.1 Å². The highest BCUT2D eigenvalue weighted by atomic mass is 16.2. The summed E-state index contributed by atoms with van der Waals surface area (Å²) in [5, 5.41) is 5.25. The van der Waals surface area contributed by atoms with Gasteiger partial charge in [0, 0.05) is 18.7 Å². The van der Waals surface area contributed by atoms with E-state index in [1.807, 2.05) is 18.2 Å². The number of nitrogens with one attached hydrogen (secondary N) is 2. The van der Waals surface area contributed by atoms with Crippen molar-refractivity contribution >= 4 is 5.91 Å². The first-order valence-corrected chi connectivity index (χ1v) is 8.49. The minimum absolute atomic E-state index is 0.110. The molecule has 2 N–H and O–H groups in total. The van der Waals surface area contributed by atoms with Gasteiger partial charge in [0.2, 0.25) is 5.91 Å². The molecule has 7 heteroatoms. The lowest BCUT2D eigenvalue weighted by Crippen LogP contribution is -2.40. The fraction of sp³-hybridized carbons (Fsp3) is 0.389. The molecule has 1 aliphatic rings. The van der Waals surface area contributed by atoms with Crippen LogP contribution in [0.5, 0.6) is 0 Å². The average molecular weight is 342 g/mol. The number of aromatic amines is 1. The maximum Gasteiger partial charge on any atom is 0.265 e. The summed E-state index contributed by atoms with van der Waals surface area (Å²) in [7, 11) is 0. The third kappa shape index (κ3) is 4.45. The Balaban J connectivity index is 1.66. The molecule has 2 heterocycles. The van der Waals surface area contributed by atoms with Gasteiger partial charge in [-0.15, -0.1) is 0 Å². The summed E-state index contributed by atoms with van der Waals surface area (Å²) in [5.74, 6) is -0.302. The molecule has 2 aromatic rings. The first kappa shape index (κ1) is 17.2. The van der Waals surface area contributed by atoms with Gasteiger partial charge in [-0.3, -0.25) is 24.4 Å². The normalized spacial score (nSPS) is 15.8. The predicted molar refractivity (Wildman–Crippen MR) is 94.3 cm³/mol. The van der Waals surface area contributed by atoms with Crippen molar-refractivity contribution in [1.29, 1.82) is 0 Å². The number of aromatic nitrogens is 2. The minimum Gasteiger partial charge on any atom is -0.353 e. The van der Waals surface area contributed by atoms with Gasteiger partial charge in [-0.25, -0.2) is 4.68 Å². The molecule has 0 saturated carbocycles. The van der Waals surface area contributed by atoms with Crippen LogP contribution in [0.4, 0.5) is 0 Å². The highest BCUT2D eigenvalue weighted by molar-refractivity contribution is 5.75. The first-order chi connectivity index (χ1) is 12.1. The van der Waals surface area contributed by atoms with Crippen LogP contribution in [0.2, 0.25) is 0 Å². The number of nitrogens with zero attached hydrogens (tertiary/aromatic N) is 2.